The maximum atomic E-state index is 12.7. The van der Waals surface area contributed by atoms with Gasteiger partial charge in [-0.1, -0.05) is 0 Å². The highest BCUT2D eigenvalue weighted by atomic mass is 16.5. The van der Waals surface area contributed by atoms with Crippen molar-refractivity contribution in [2.45, 2.75) is 19.4 Å². The lowest BCUT2D eigenvalue weighted by molar-refractivity contribution is -0.122. The summed E-state index contributed by atoms with van der Waals surface area (Å²) in [6.07, 6.45) is 5.61. The Labute approximate surface area is 192 Å². The molecule has 8 nitrogen and oxygen atoms in total. The molecular formula is C25H27N5O3. The summed E-state index contributed by atoms with van der Waals surface area (Å²) in [6, 6.07) is 15.2. The molecule has 170 valence electrons. The molecule has 0 unspecified atom stereocenters. The minimum Gasteiger partial charge on any atom is -0.378 e. The molecule has 2 heterocycles. The smallest absolute Gasteiger partial charge is 0.255 e. The number of ether oxygens (including phenoxy) is 1. The highest BCUT2D eigenvalue weighted by molar-refractivity contribution is 6.04. The Balaban J connectivity index is 1.17. The van der Waals surface area contributed by atoms with E-state index in [0.29, 0.717) is 12.1 Å². The van der Waals surface area contributed by atoms with Crippen LogP contribution in [0, 0.1) is 5.92 Å². The fourth-order valence-electron chi connectivity index (χ4n) is 3.82. The van der Waals surface area contributed by atoms with E-state index < -0.39 is 0 Å². The molecule has 0 spiro atoms. The third-order valence-corrected chi connectivity index (χ3v) is 5.95. The number of carbonyl (C=O) groups excluding carboxylic acids is 2. The fourth-order valence-corrected chi connectivity index (χ4v) is 3.82. The number of hydrogen-bond donors (Lipinski definition) is 2. The molecule has 0 radical (unpaired) electrons. The van der Waals surface area contributed by atoms with Crippen LogP contribution in [0.1, 0.15) is 28.8 Å². The van der Waals surface area contributed by atoms with Gasteiger partial charge in [0.15, 0.2) is 0 Å². The first-order valence-electron chi connectivity index (χ1n) is 11.3. The number of amides is 2. The van der Waals surface area contributed by atoms with Gasteiger partial charge in [-0.3, -0.25) is 9.59 Å². The second-order valence-corrected chi connectivity index (χ2v) is 8.43. The second-order valence-electron chi connectivity index (χ2n) is 8.43. The molecule has 2 fully saturated rings. The van der Waals surface area contributed by atoms with Crippen LogP contribution < -0.4 is 15.5 Å². The SMILES string of the molecule is O=C(Nc1ccc(N2CCOCC2)cc1)c1ccc(-n2cc(CNC(=O)C3CC3)cn2)cc1. The molecule has 1 aliphatic carbocycles. The van der Waals surface area contributed by atoms with E-state index in [2.05, 4.69) is 20.6 Å². The molecule has 5 rings (SSSR count). The van der Waals surface area contributed by atoms with E-state index in [4.69, 9.17) is 4.74 Å². The maximum absolute atomic E-state index is 12.7. The molecular weight excluding hydrogens is 418 g/mol. The van der Waals surface area contributed by atoms with Crippen molar-refractivity contribution in [1.82, 2.24) is 15.1 Å². The average Bonchev–Trinajstić information content (AvgIpc) is 3.61. The van der Waals surface area contributed by atoms with Gasteiger partial charge >= 0.3 is 0 Å². The zero-order valence-corrected chi connectivity index (χ0v) is 18.4. The summed E-state index contributed by atoms with van der Waals surface area (Å²) in [5.74, 6) is 0.153. The van der Waals surface area contributed by atoms with Crippen LogP contribution in [-0.4, -0.2) is 47.9 Å². The van der Waals surface area contributed by atoms with Crippen molar-refractivity contribution in [1.29, 1.82) is 0 Å². The van der Waals surface area contributed by atoms with Crippen molar-refractivity contribution in [3.63, 3.8) is 0 Å². The minimum absolute atomic E-state index is 0.119. The molecule has 0 atom stereocenters. The number of nitrogens with one attached hydrogen (secondary N) is 2. The van der Waals surface area contributed by atoms with E-state index >= 15 is 0 Å². The largest absolute Gasteiger partial charge is 0.378 e. The third kappa shape index (κ3) is 5.23. The van der Waals surface area contributed by atoms with E-state index in [0.717, 1.165) is 61.8 Å². The number of carbonyl (C=O) groups is 2. The summed E-state index contributed by atoms with van der Waals surface area (Å²) < 4.78 is 7.14. The number of nitrogens with zero attached hydrogens (tertiary/aromatic N) is 3. The topological polar surface area (TPSA) is 88.5 Å². The van der Waals surface area contributed by atoms with Gasteiger partial charge in [-0.15, -0.1) is 0 Å². The van der Waals surface area contributed by atoms with Crippen molar-refractivity contribution in [3.8, 4) is 5.69 Å². The molecule has 1 aromatic heterocycles. The lowest BCUT2D eigenvalue weighted by Gasteiger charge is -2.28. The van der Waals surface area contributed by atoms with Crippen LogP contribution in [0.5, 0.6) is 0 Å². The van der Waals surface area contributed by atoms with Crippen LogP contribution in [0.15, 0.2) is 60.9 Å². The van der Waals surface area contributed by atoms with Crippen LogP contribution in [0.25, 0.3) is 5.69 Å². The third-order valence-electron chi connectivity index (χ3n) is 5.95. The average molecular weight is 446 g/mol. The van der Waals surface area contributed by atoms with Gasteiger partial charge in [0.1, 0.15) is 0 Å². The van der Waals surface area contributed by atoms with Gasteiger partial charge in [0.05, 0.1) is 25.1 Å². The van der Waals surface area contributed by atoms with Gasteiger partial charge in [-0.05, 0) is 61.4 Å². The summed E-state index contributed by atoms with van der Waals surface area (Å²) >= 11 is 0. The molecule has 33 heavy (non-hydrogen) atoms. The van der Waals surface area contributed by atoms with Gasteiger partial charge in [0.2, 0.25) is 5.91 Å². The first-order chi connectivity index (χ1) is 16.2. The summed E-state index contributed by atoms with van der Waals surface area (Å²) in [6.45, 7) is 3.71. The molecule has 1 aliphatic heterocycles. The predicted molar refractivity (Wildman–Crippen MR) is 126 cm³/mol. The highest BCUT2D eigenvalue weighted by Gasteiger charge is 2.29. The Morgan fingerprint density at radius 1 is 0.970 bits per heavy atom. The minimum atomic E-state index is -0.162. The monoisotopic (exact) mass is 445 g/mol. The first-order valence-corrected chi connectivity index (χ1v) is 11.3. The van der Waals surface area contributed by atoms with Crippen LogP contribution in [0.4, 0.5) is 11.4 Å². The van der Waals surface area contributed by atoms with Crippen molar-refractivity contribution in [2.75, 3.05) is 36.5 Å². The van der Waals surface area contributed by atoms with Crippen molar-refractivity contribution in [3.05, 3.63) is 72.1 Å². The quantitative estimate of drug-likeness (QED) is 0.584. The van der Waals surface area contributed by atoms with Crippen LogP contribution in [0.3, 0.4) is 0 Å². The summed E-state index contributed by atoms with van der Waals surface area (Å²) in [5, 5.41) is 10.3. The molecule has 2 amide bonds. The van der Waals surface area contributed by atoms with Gasteiger partial charge in [-0.25, -0.2) is 4.68 Å². The number of hydrogen-bond acceptors (Lipinski definition) is 5. The lowest BCUT2D eigenvalue weighted by atomic mass is 10.2. The van der Waals surface area contributed by atoms with E-state index in [1.807, 2.05) is 42.6 Å². The molecule has 8 heteroatoms. The molecule has 2 aromatic carbocycles. The Bertz CT molecular complexity index is 1110. The normalized spacial score (nSPS) is 15.8. The van der Waals surface area contributed by atoms with Crippen LogP contribution in [-0.2, 0) is 16.1 Å². The van der Waals surface area contributed by atoms with Crippen molar-refractivity contribution < 1.29 is 14.3 Å². The zero-order chi connectivity index (χ0) is 22.6. The number of benzene rings is 2. The van der Waals surface area contributed by atoms with Crippen LogP contribution >= 0.6 is 0 Å². The Hall–Kier alpha value is -3.65. The Morgan fingerprint density at radius 3 is 2.36 bits per heavy atom. The van der Waals surface area contributed by atoms with E-state index in [1.165, 1.54) is 0 Å². The van der Waals surface area contributed by atoms with Gasteiger partial charge in [0.25, 0.3) is 5.91 Å². The Kier molecular flexibility index (Phi) is 6.08. The van der Waals surface area contributed by atoms with E-state index in [9.17, 15) is 9.59 Å². The second kappa shape index (κ2) is 9.46. The highest BCUT2D eigenvalue weighted by Crippen LogP contribution is 2.28. The fraction of sp³-hybridized carbons (Fsp3) is 0.320. The van der Waals surface area contributed by atoms with E-state index in [-0.39, 0.29) is 17.7 Å². The summed E-state index contributed by atoms with van der Waals surface area (Å²) in [5.41, 5.74) is 4.24. The molecule has 0 bridgehead atoms. The predicted octanol–water partition coefficient (Wildman–Crippen LogP) is 2.99. The standard InChI is InChI=1S/C25H27N5O3/c31-24(19-1-2-19)26-15-18-16-27-30(17-18)23-7-3-20(4-8-23)25(32)28-21-5-9-22(10-6-21)29-11-13-33-14-12-29/h3-10,16-17,19H,1-2,11-15H2,(H,26,31)(H,28,32). The molecule has 3 aromatic rings. The number of anilines is 2. The zero-order valence-electron chi connectivity index (χ0n) is 18.4. The number of morpholine rings is 1. The van der Waals surface area contributed by atoms with Gasteiger partial charge in [-0.2, -0.15) is 5.10 Å². The molecule has 2 aliphatic rings. The van der Waals surface area contributed by atoms with Gasteiger partial charge in [0, 0.05) is 54.3 Å². The Morgan fingerprint density at radius 2 is 1.67 bits per heavy atom. The van der Waals surface area contributed by atoms with E-state index in [1.54, 1.807) is 23.0 Å². The van der Waals surface area contributed by atoms with Crippen molar-refractivity contribution >= 4 is 23.2 Å². The van der Waals surface area contributed by atoms with Crippen molar-refractivity contribution in [2.24, 2.45) is 5.92 Å². The number of aromatic nitrogens is 2. The lowest BCUT2D eigenvalue weighted by Crippen LogP contribution is -2.36. The molecule has 1 saturated heterocycles. The molecule has 1 saturated carbocycles. The van der Waals surface area contributed by atoms with Crippen LogP contribution in [0.2, 0.25) is 0 Å². The van der Waals surface area contributed by atoms with Gasteiger partial charge < -0.3 is 20.3 Å². The first kappa shape index (κ1) is 21.2. The summed E-state index contributed by atoms with van der Waals surface area (Å²) in [7, 11) is 0. The molecule has 2 N–H and O–H groups in total. The number of rotatable bonds is 7. The summed E-state index contributed by atoms with van der Waals surface area (Å²) in [4.78, 5) is 26.7. The maximum Gasteiger partial charge on any atom is 0.255 e.